The molecule has 1 saturated heterocycles. The summed E-state index contributed by atoms with van der Waals surface area (Å²) >= 11 is 0. The molecule has 0 spiro atoms. The summed E-state index contributed by atoms with van der Waals surface area (Å²) in [6, 6.07) is 4.73. The Labute approximate surface area is 138 Å². The van der Waals surface area contributed by atoms with E-state index in [1.165, 1.54) is 9.13 Å². The minimum atomic E-state index is -0.689. The standard InChI is InChI=1S/C17H18N4O3/c1-20-15-11(5-2-3-10-18)6-4-7-12(15)21(17(20)24)13-8-9-14(22)19-16(13)23/h4,6-7,13H,3,8-10,18H2,1H3,(H,19,22,23). The molecule has 24 heavy (non-hydrogen) atoms. The molecule has 0 bridgehead atoms. The molecule has 2 amide bonds. The Morgan fingerprint density at radius 1 is 1.33 bits per heavy atom. The molecule has 1 aliphatic heterocycles. The fraction of sp³-hybridized carbons (Fsp3) is 0.353. The van der Waals surface area contributed by atoms with Crippen LogP contribution >= 0.6 is 0 Å². The van der Waals surface area contributed by atoms with Gasteiger partial charge in [-0.25, -0.2) is 4.79 Å². The first-order valence-corrected chi connectivity index (χ1v) is 7.77. The van der Waals surface area contributed by atoms with Crippen LogP contribution in [0.25, 0.3) is 11.0 Å². The molecule has 2 heterocycles. The molecule has 3 rings (SSSR count). The third-order valence-corrected chi connectivity index (χ3v) is 4.12. The van der Waals surface area contributed by atoms with E-state index in [0.717, 1.165) is 0 Å². The van der Waals surface area contributed by atoms with Gasteiger partial charge in [0.1, 0.15) is 6.04 Å². The van der Waals surface area contributed by atoms with Crippen molar-refractivity contribution >= 4 is 22.8 Å². The van der Waals surface area contributed by atoms with Crippen molar-refractivity contribution in [1.29, 1.82) is 0 Å². The summed E-state index contributed by atoms with van der Waals surface area (Å²) in [7, 11) is 1.65. The molecule has 0 saturated carbocycles. The molecule has 124 valence electrons. The van der Waals surface area contributed by atoms with Gasteiger partial charge < -0.3 is 5.73 Å². The second-order valence-corrected chi connectivity index (χ2v) is 5.69. The topological polar surface area (TPSA) is 99.1 Å². The molecular formula is C17H18N4O3. The number of aromatic nitrogens is 2. The van der Waals surface area contributed by atoms with Gasteiger partial charge in [-0.05, 0) is 18.6 Å². The fourth-order valence-electron chi connectivity index (χ4n) is 3.00. The predicted molar refractivity (Wildman–Crippen MR) is 89.1 cm³/mol. The van der Waals surface area contributed by atoms with E-state index in [0.29, 0.717) is 36.0 Å². The van der Waals surface area contributed by atoms with Crippen LogP contribution in [0.15, 0.2) is 23.0 Å². The zero-order valence-electron chi connectivity index (χ0n) is 13.3. The SMILES string of the molecule is Cn1c(=O)n(C2CCC(=O)NC2=O)c2cccc(C#CCCN)c21. The first-order valence-electron chi connectivity index (χ1n) is 7.77. The van der Waals surface area contributed by atoms with Gasteiger partial charge in [0.05, 0.1) is 16.6 Å². The second-order valence-electron chi connectivity index (χ2n) is 5.69. The Bertz CT molecular complexity index is 942. The van der Waals surface area contributed by atoms with Gasteiger partial charge >= 0.3 is 5.69 Å². The maximum Gasteiger partial charge on any atom is 0.329 e. The van der Waals surface area contributed by atoms with E-state index in [1.54, 1.807) is 19.2 Å². The smallest absolute Gasteiger partial charge is 0.329 e. The van der Waals surface area contributed by atoms with Gasteiger partial charge in [-0.1, -0.05) is 17.9 Å². The highest BCUT2D eigenvalue weighted by Crippen LogP contribution is 2.24. The molecular weight excluding hydrogens is 308 g/mol. The molecule has 7 nitrogen and oxygen atoms in total. The van der Waals surface area contributed by atoms with Crippen LogP contribution in [0.5, 0.6) is 0 Å². The highest BCUT2D eigenvalue weighted by atomic mass is 16.2. The molecule has 0 radical (unpaired) electrons. The molecule has 2 aromatic rings. The van der Waals surface area contributed by atoms with E-state index in [-0.39, 0.29) is 18.0 Å². The number of hydrogen-bond acceptors (Lipinski definition) is 4. The monoisotopic (exact) mass is 326 g/mol. The molecule has 0 aliphatic carbocycles. The van der Waals surface area contributed by atoms with Crippen molar-refractivity contribution in [2.45, 2.75) is 25.3 Å². The minimum Gasteiger partial charge on any atom is -0.330 e. The first kappa shape index (κ1) is 16.0. The van der Waals surface area contributed by atoms with Crippen molar-refractivity contribution < 1.29 is 9.59 Å². The maximum absolute atomic E-state index is 12.7. The van der Waals surface area contributed by atoms with Crippen LogP contribution < -0.4 is 16.7 Å². The summed E-state index contributed by atoms with van der Waals surface area (Å²) < 4.78 is 2.94. The average Bonchev–Trinajstić information content (AvgIpc) is 2.81. The summed E-state index contributed by atoms with van der Waals surface area (Å²) in [4.78, 5) is 36.2. The summed E-state index contributed by atoms with van der Waals surface area (Å²) in [5, 5.41) is 2.30. The van der Waals surface area contributed by atoms with Crippen LogP contribution in [-0.4, -0.2) is 27.5 Å². The third kappa shape index (κ3) is 2.61. The fourth-order valence-corrected chi connectivity index (χ4v) is 3.00. The van der Waals surface area contributed by atoms with Gasteiger partial charge in [0, 0.05) is 26.4 Å². The van der Waals surface area contributed by atoms with Crippen LogP contribution in [0.3, 0.4) is 0 Å². The summed E-state index contributed by atoms with van der Waals surface area (Å²) in [6.45, 7) is 0.471. The van der Waals surface area contributed by atoms with Gasteiger partial charge in [-0.2, -0.15) is 0 Å². The number of para-hydroxylation sites is 1. The number of aryl methyl sites for hydroxylation is 1. The van der Waals surface area contributed by atoms with E-state index in [4.69, 9.17) is 5.73 Å². The summed E-state index contributed by atoms with van der Waals surface area (Å²) in [6.07, 6.45) is 1.10. The number of rotatable bonds is 2. The van der Waals surface area contributed by atoms with Crippen molar-refractivity contribution in [2.24, 2.45) is 12.8 Å². The van der Waals surface area contributed by atoms with Gasteiger partial charge in [0.25, 0.3) is 0 Å². The molecule has 3 N–H and O–H groups in total. The zero-order chi connectivity index (χ0) is 17.3. The zero-order valence-corrected chi connectivity index (χ0v) is 13.3. The Hall–Kier alpha value is -2.85. The molecule has 1 unspecified atom stereocenters. The number of imidazole rings is 1. The number of hydrogen-bond donors (Lipinski definition) is 2. The lowest BCUT2D eigenvalue weighted by Crippen LogP contribution is -2.44. The van der Waals surface area contributed by atoms with E-state index in [2.05, 4.69) is 17.2 Å². The lowest BCUT2D eigenvalue weighted by Gasteiger charge is -2.21. The lowest BCUT2D eigenvalue weighted by atomic mass is 10.1. The van der Waals surface area contributed by atoms with E-state index < -0.39 is 11.9 Å². The summed E-state index contributed by atoms with van der Waals surface area (Å²) in [5.41, 5.74) is 7.18. The highest BCUT2D eigenvalue weighted by Gasteiger charge is 2.31. The average molecular weight is 326 g/mol. The molecule has 1 fully saturated rings. The van der Waals surface area contributed by atoms with Crippen molar-refractivity contribution in [3.63, 3.8) is 0 Å². The molecule has 1 aromatic carbocycles. The maximum atomic E-state index is 12.7. The normalized spacial score (nSPS) is 17.5. The number of nitrogens with two attached hydrogens (primary N) is 1. The quantitative estimate of drug-likeness (QED) is 0.600. The van der Waals surface area contributed by atoms with Crippen LogP contribution in [0.4, 0.5) is 0 Å². The number of carbonyl (C=O) groups is 2. The van der Waals surface area contributed by atoms with Crippen LogP contribution in [-0.2, 0) is 16.6 Å². The van der Waals surface area contributed by atoms with Crippen LogP contribution in [0, 0.1) is 11.8 Å². The van der Waals surface area contributed by atoms with Crippen molar-refractivity contribution in [1.82, 2.24) is 14.5 Å². The summed E-state index contributed by atoms with van der Waals surface area (Å²) in [5.74, 6) is 5.25. The minimum absolute atomic E-state index is 0.217. The number of carbonyl (C=O) groups excluding carboxylic acids is 2. The van der Waals surface area contributed by atoms with Gasteiger partial charge in [0.2, 0.25) is 11.8 Å². The van der Waals surface area contributed by atoms with Crippen molar-refractivity contribution in [3.8, 4) is 11.8 Å². The van der Waals surface area contributed by atoms with Crippen molar-refractivity contribution in [2.75, 3.05) is 6.54 Å². The van der Waals surface area contributed by atoms with Gasteiger partial charge in [-0.3, -0.25) is 24.0 Å². The molecule has 1 atom stereocenters. The number of imide groups is 1. The second kappa shape index (κ2) is 6.34. The Morgan fingerprint density at radius 2 is 2.12 bits per heavy atom. The highest BCUT2D eigenvalue weighted by molar-refractivity contribution is 6.00. The number of nitrogens with one attached hydrogen (secondary N) is 1. The number of benzene rings is 1. The molecule has 1 aromatic heterocycles. The molecule has 7 heteroatoms. The van der Waals surface area contributed by atoms with Crippen LogP contribution in [0.2, 0.25) is 0 Å². The van der Waals surface area contributed by atoms with Crippen molar-refractivity contribution in [3.05, 3.63) is 34.2 Å². The Balaban J connectivity index is 2.17. The predicted octanol–water partition coefficient (Wildman–Crippen LogP) is 0.0180. The van der Waals surface area contributed by atoms with Crippen LogP contribution in [0.1, 0.15) is 30.9 Å². The van der Waals surface area contributed by atoms with E-state index >= 15 is 0 Å². The molecule has 1 aliphatic rings. The third-order valence-electron chi connectivity index (χ3n) is 4.12. The van der Waals surface area contributed by atoms with Gasteiger partial charge in [-0.15, -0.1) is 0 Å². The van der Waals surface area contributed by atoms with Gasteiger partial charge in [0.15, 0.2) is 0 Å². The first-order chi connectivity index (χ1) is 11.5. The number of amides is 2. The van der Waals surface area contributed by atoms with E-state index in [9.17, 15) is 14.4 Å². The Kier molecular flexibility index (Phi) is 4.23. The van der Waals surface area contributed by atoms with E-state index in [1.807, 2.05) is 6.07 Å². The Morgan fingerprint density at radius 3 is 2.83 bits per heavy atom. The number of nitrogens with zero attached hydrogens (tertiary/aromatic N) is 2. The largest absolute Gasteiger partial charge is 0.330 e. The number of piperidine rings is 1. The number of fused-ring (bicyclic) bond motifs is 1. The lowest BCUT2D eigenvalue weighted by molar-refractivity contribution is -0.135.